The lowest BCUT2D eigenvalue weighted by atomic mass is 9.66. The van der Waals surface area contributed by atoms with Gasteiger partial charge in [-0.15, -0.1) is 0 Å². The Bertz CT molecular complexity index is 441. The van der Waals surface area contributed by atoms with Gasteiger partial charge < -0.3 is 0 Å². The normalized spacial score (nSPS) is 41.9. The Balaban J connectivity index is 1.95. The molecule has 0 aliphatic heterocycles. The highest BCUT2D eigenvalue weighted by molar-refractivity contribution is 5.49. The van der Waals surface area contributed by atoms with Gasteiger partial charge in [-0.05, 0) is 5.56 Å². The molecular formula is C16H14. The van der Waals surface area contributed by atoms with Crippen molar-refractivity contribution in [3.8, 4) is 0 Å². The van der Waals surface area contributed by atoms with E-state index in [4.69, 9.17) is 0 Å². The first-order valence-corrected chi connectivity index (χ1v) is 6.03. The van der Waals surface area contributed by atoms with Crippen LogP contribution in [0.25, 0.3) is 0 Å². The van der Waals surface area contributed by atoms with Gasteiger partial charge in [0.2, 0.25) is 0 Å². The minimum atomic E-state index is 0.293. The molecule has 0 heteroatoms. The second-order valence-electron chi connectivity index (χ2n) is 5.03. The van der Waals surface area contributed by atoms with Gasteiger partial charge >= 0.3 is 0 Å². The van der Waals surface area contributed by atoms with E-state index in [1.165, 1.54) is 5.56 Å². The van der Waals surface area contributed by atoms with Crippen LogP contribution >= 0.6 is 0 Å². The van der Waals surface area contributed by atoms with Crippen LogP contribution in [0.4, 0.5) is 0 Å². The summed E-state index contributed by atoms with van der Waals surface area (Å²) < 4.78 is 0. The van der Waals surface area contributed by atoms with Gasteiger partial charge in [-0.3, -0.25) is 0 Å². The maximum Gasteiger partial charge on any atom is 0.0245 e. The molecule has 0 saturated carbocycles. The monoisotopic (exact) mass is 206 g/mol. The van der Waals surface area contributed by atoms with Gasteiger partial charge in [0.1, 0.15) is 0 Å². The molecule has 0 radical (unpaired) electrons. The van der Waals surface area contributed by atoms with E-state index in [0.717, 1.165) is 0 Å². The first-order valence-electron chi connectivity index (χ1n) is 6.03. The molecule has 1 aromatic carbocycles. The summed E-state index contributed by atoms with van der Waals surface area (Å²) in [5.74, 6) is 1.79. The fourth-order valence-electron chi connectivity index (χ4n) is 3.84. The molecule has 4 rings (SSSR count). The minimum Gasteiger partial charge on any atom is -0.0800 e. The van der Waals surface area contributed by atoms with Gasteiger partial charge in [0, 0.05) is 23.2 Å². The standard InChI is InChI=1S/C16H14/c1-2-4-12(5-3-1)16-13-6-7-14(16)10-11-15(16)9-8-13/h1-11,13-15H. The Morgan fingerprint density at radius 2 is 1.06 bits per heavy atom. The lowest BCUT2D eigenvalue weighted by Crippen LogP contribution is -2.36. The Kier molecular flexibility index (Phi) is 1.48. The first-order chi connectivity index (χ1) is 7.92. The van der Waals surface area contributed by atoms with E-state index < -0.39 is 0 Å². The Morgan fingerprint density at radius 3 is 1.50 bits per heavy atom. The Labute approximate surface area is 96.0 Å². The molecule has 0 bridgehead atoms. The van der Waals surface area contributed by atoms with Gasteiger partial charge in [0.05, 0.1) is 0 Å². The third-order valence-corrected chi connectivity index (χ3v) is 4.51. The van der Waals surface area contributed by atoms with Crippen molar-refractivity contribution < 1.29 is 0 Å². The van der Waals surface area contributed by atoms with E-state index in [9.17, 15) is 0 Å². The Hall–Kier alpha value is -1.56. The molecule has 16 heavy (non-hydrogen) atoms. The summed E-state index contributed by atoms with van der Waals surface area (Å²) in [5.41, 5.74) is 1.79. The second kappa shape index (κ2) is 2.76. The molecule has 0 fully saturated rings. The first kappa shape index (κ1) is 8.58. The van der Waals surface area contributed by atoms with Gasteiger partial charge in [-0.1, -0.05) is 66.8 Å². The average Bonchev–Trinajstić information content (AvgIpc) is 2.98. The fourth-order valence-corrected chi connectivity index (χ4v) is 3.84. The molecule has 0 saturated heterocycles. The molecule has 78 valence electrons. The van der Waals surface area contributed by atoms with E-state index in [1.54, 1.807) is 0 Å². The number of benzene rings is 1. The highest BCUT2D eigenvalue weighted by Crippen LogP contribution is 2.59. The van der Waals surface area contributed by atoms with E-state index in [1.807, 2.05) is 0 Å². The minimum absolute atomic E-state index is 0.293. The van der Waals surface area contributed by atoms with E-state index in [0.29, 0.717) is 23.2 Å². The largest absolute Gasteiger partial charge is 0.0800 e. The summed E-state index contributed by atoms with van der Waals surface area (Å²) >= 11 is 0. The summed E-state index contributed by atoms with van der Waals surface area (Å²) in [6, 6.07) is 11.0. The molecule has 3 aliphatic carbocycles. The topological polar surface area (TPSA) is 0 Å². The summed E-state index contributed by atoms with van der Waals surface area (Å²) in [5, 5.41) is 0. The summed E-state index contributed by atoms with van der Waals surface area (Å²) in [6.45, 7) is 0. The average molecular weight is 206 g/mol. The van der Waals surface area contributed by atoms with Crippen LogP contribution in [0.3, 0.4) is 0 Å². The van der Waals surface area contributed by atoms with Crippen molar-refractivity contribution in [1.82, 2.24) is 0 Å². The van der Waals surface area contributed by atoms with E-state index in [2.05, 4.69) is 66.8 Å². The molecule has 0 aromatic heterocycles. The number of hydrogen-bond donors (Lipinski definition) is 0. The SMILES string of the molecule is C1=CC2C=CC3C=CC1C23c1ccccc1. The zero-order chi connectivity index (χ0) is 10.6. The summed E-state index contributed by atoms with van der Waals surface area (Å²) in [7, 11) is 0. The van der Waals surface area contributed by atoms with Crippen molar-refractivity contribution in [2.75, 3.05) is 0 Å². The molecule has 0 nitrogen and oxygen atoms in total. The summed E-state index contributed by atoms with van der Waals surface area (Å²) in [4.78, 5) is 0. The van der Waals surface area contributed by atoms with Gasteiger partial charge in [-0.25, -0.2) is 0 Å². The molecule has 0 N–H and O–H groups in total. The van der Waals surface area contributed by atoms with Crippen molar-refractivity contribution in [3.05, 3.63) is 72.4 Å². The smallest absolute Gasteiger partial charge is 0.0245 e. The van der Waals surface area contributed by atoms with Crippen LogP contribution in [0, 0.1) is 17.8 Å². The number of rotatable bonds is 1. The second-order valence-corrected chi connectivity index (χ2v) is 5.03. The van der Waals surface area contributed by atoms with Crippen molar-refractivity contribution in [2.24, 2.45) is 17.8 Å². The van der Waals surface area contributed by atoms with Gasteiger partial charge in [0.15, 0.2) is 0 Å². The van der Waals surface area contributed by atoms with E-state index in [-0.39, 0.29) is 0 Å². The predicted molar refractivity (Wildman–Crippen MR) is 66.0 cm³/mol. The van der Waals surface area contributed by atoms with Crippen molar-refractivity contribution in [3.63, 3.8) is 0 Å². The highest BCUT2D eigenvalue weighted by atomic mass is 14.6. The van der Waals surface area contributed by atoms with Crippen LogP contribution in [0.1, 0.15) is 5.56 Å². The van der Waals surface area contributed by atoms with Crippen LogP contribution in [-0.2, 0) is 5.41 Å². The Morgan fingerprint density at radius 1 is 0.625 bits per heavy atom. The van der Waals surface area contributed by atoms with Gasteiger partial charge in [0.25, 0.3) is 0 Å². The number of hydrogen-bond acceptors (Lipinski definition) is 0. The zero-order valence-electron chi connectivity index (χ0n) is 9.08. The van der Waals surface area contributed by atoms with Crippen LogP contribution < -0.4 is 0 Å². The highest BCUT2D eigenvalue weighted by Gasteiger charge is 2.55. The maximum absolute atomic E-state index is 2.39. The quantitative estimate of drug-likeness (QED) is 0.617. The fraction of sp³-hybridized carbons (Fsp3) is 0.250. The molecule has 0 atom stereocenters. The van der Waals surface area contributed by atoms with Gasteiger partial charge in [-0.2, -0.15) is 0 Å². The van der Waals surface area contributed by atoms with Crippen molar-refractivity contribution in [2.45, 2.75) is 5.41 Å². The maximum atomic E-state index is 2.39. The van der Waals surface area contributed by atoms with Crippen LogP contribution in [-0.4, -0.2) is 0 Å². The molecule has 1 aromatic rings. The van der Waals surface area contributed by atoms with Crippen LogP contribution in [0.15, 0.2) is 66.8 Å². The van der Waals surface area contributed by atoms with Crippen LogP contribution in [0.5, 0.6) is 0 Å². The molecule has 3 aliphatic rings. The van der Waals surface area contributed by atoms with E-state index >= 15 is 0 Å². The molecular weight excluding hydrogens is 192 g/mol. The van der Waals surface area contributed by atoms with Crippen molar-refractivity contribution >= 4 is 0 Å². The molecule has 0 spiro atoms. The third-order valence-electron chi connectivity index (χ3n) is 4.51. The number of allylic oxidation sites excluding steroid dienone is 6. The zero-order valence-corrected chi connectivity index (χ0v) is 9.08. The van der Waals surface area contributed by atoms with Crippen molar-refractivity contribution in [1.29, 1.82) is 0 Å². The summed E-state index contributed by atoms with van der Waals surface area (Å²) in [6.07, 6.45) is 14.3. The molecule has 0 amide bonds. The third kappa shape index (κ3) is 0.788. The molecule has 0 unspecified atom stereocenters. The molecule has 0 heterocycles. The lowest BCUT2D eigenvalue weighted by Gasteiger charge is -2.36. The lowest BCUT2D eigenvalue weighted by molar-refractivity contribution is 0.326. The predicted octanol–water partition coefficient (Wildman–Crippen LogP) is 3.48. The van der Waals surface area contributed by atoms with Crippen LogP contribution in [0.2, 0.25) is 0 Å².